The Hall–Kier alpha value is -3.35. The summed E-state index contributed by atoms with van der Waals surface area (Å²) in [6, 6.07) is 5.19. The summed E-state index contributed by atoms with van der Waals surface area (Å²) in [5.41, 5.74) is -1.12. The van der Waals surface area contributed by atoms with Crippen molar-refractivity contribution in [2.24, 2.45) is 0 Å². The first-order chi connectivity index (χ1) is 14.6. The van der Waals surface area contributed by atoms with Crippen LogP contribution in [-0.4, -0.2) is 32.4 Å². The van der Waals surface area contributed by atoms with Gasteiger partial charge in [0, 0.05) is 18.3 Å². The molecule has 7 nitrogen and oxygen atoms in total. The summed E-state index contributed by atoms with van der Waals surface area (Å²) in [4.78, 5) is -0.274. The molecule has 2 aromatic carbocycles. The number of rotatable bonds is 7. The Labute approximate surface area is 173 Å². The van der Waals surface area contributed by atoms with Crippen LogP contribution < -0.4 is 14.2 Å². The predicted octanol–water partition coefficient (Wildman–Crippen LogP) is 3.44. The average Bonchev–Trinajstić information content (AvgIpc) is 3.19. The van der Waals surface area contributed by atoms with Crippen molar-refractivity contribution in [2.45, 2.75) is 11.4 Å². The van der Waals surface area contributed by atoms with Crippen LogP contribution in [-0.2, 0) is 16.6 Å². The van der Waals surface area contributed by atoms with Crippen LogP contribution >= 0.6 is 0 Å². The zero-order valence-corrected chi connectivity index (χ0v) is 16.7. The number of methoxy groups -OCH3 is 2. The molecule has 1 heterocycles. The molecule has 0 aliphatic heterocycles. The van der Waals surface area contributed by atoms with Gasteiger partial charge in [-0.3, -0.25) is 9.40 Å². The highest BCUT2D eigenvalue weighted by molar-refractivity contribution is 7.92. The number of sulfonamides is 1. The number of hydrogen-bond acceptors (Lipinski definition) is 5. The van der Waals surface area contributed by atoms with Gasteiger partial charge in [0.2, 0.25) is 5.82 Å². The smallest absolute Gasteiger partial charge is 0.266 e. The molecule has 0 spiro atoms. The molecular formula is C18H14F5N3O4S. The van der Waals surface area contributed by atoms with Crippen LogP contribution in [0.25, 0.3) is 0 Å². The van der Waals surface area contributed by atoms with E-state index in [9.17, 15) is 30.4 Å². The molecule has 1 N–H and O–H groups in total. The molecular weight excluding hydrogens is 449 g/mol. The van der Waals surface area contributed by atoms with Crippen LogP contribution in [0.15, 0.2) is 35.4 Å². The molecule has 0 atom stereocenters. The van der Waals surface area contributed by atoms with Crippen molar-refractivity contribution in [2.75, 3.05) is 18.9 Å². The predicted molar refractivity (Wildman–Crippen MR) is 97.9 cm³/mol. The summed E-state index contributed by atoms with van der Waals surface area (Å²) in [5, 5.41) is 3.76. The topological polar surface area (TPSA) is 82.5 Å². The summed E-state index contributed by atoms with van der Waals surface area (Å²) in [6.45, 7) is -0.837. The van der Waals surface area contributed by atoms with Crippen LogP contribution in [0.5, 0.6) is 11.5 Å². The normalized spacial score (nSPS) is 11.5. The second-order valence-electron chi connectivity index (χ2n) is 6.07. The summed E-state index contributed by atoms with van der Waals surface area (Å²) >= 11 is 0. The molecule has 3 rings (SSSR count). The molecule has 0 saturated heterocycles. The Morgan fingerprint density at radius 2 is 1.55 bits per heavy atom. The van der Waals surface area contributed by atoms with Gasteiger partial charge in [0.25, 0.3) is 10.0 Å². The number of benzene rings is 2. The highest BCUT2D eigenvalue weighted by Gasteiger charge is 2.26. The third-order valence-electron chi connectivity index (χ3n) is 4.16. The van der Waals surface area contributed by atoms with Crippen molar-refractivity contribution in [1.82, 2.24) is 9.78 Å². The lowest BCUT2D eigenvalue weighted by atomic mass is 10.1. The Bertz CT molecular complexity index is 1220. The van der Waals surface area contributed by atoms with E-state index in [1.54, 1.807) is 0 Å². The van der Waals surface area contributed by atoms with E-state index in [1.165, 1.54) is 32.4 Å². The molecule has 0 bridgehead atoms. The van der Waals surface area contributed by atoms with E-state index in [-0.39, 0.29) is 22.2 Å². The van der Waals surface area contributed by atoms with Gasteiger partial charge in [0.1, 0.15) is 16.4 Å². The van der Waals surface area contributed by atoms with Gasteiger partial charge in [-0.05, 0) is 12.1 Å². The lowest BCUT2D eigenvalue weighted by molar-refractivity contribution is 0.367. The van der Waals surface area contributed by atoms with E-state index in [1.807, 2.05) is 0 Å². The Morgan fingerprint density at radius 1 is 0.935 bits per heavy atom. The number of hydrogen-bond donors (Lipinski definition) is 1. The van der Waals surface area contributed by atoms with E-state index in [4.69, 9.17) is 9.47 Å². The summed E-state index contributed by atoms with van der Waals surface area (Å²) in [6.07, 6.45) is 1.10. The van der Waals surface area contributed by atoms with Gasteiger partial charge < -0.3 is 9.47 Å². The van der Waals surface area contributed by atoms with Gasteiger partial charge >= 0.3 is 0 Å². The average molecular weight is 463 g/mol. The van der Waals surface area contributed by atoms with Gasteiger partial charge in [0.05, 0.1) is 26.3 Å². The lowest BCUT2D eigenvalue weighted by Gasteiger charge is -2.11. The highest BCUT2D eigenvalue weighted by Crippen LogP contribution is 2.29. The Kier molecular flexibility index (Phi) is 6.06. The quantitative estimate of drug-likeness (QED) is 0.330. The highest BCUT2D eigenvalue weighted by atomic mass is 32.2. The number of aromatic nitrogens is 2. The zero-order chi connectivity index (χ0) is 22.9. The van der Waals surface area contributed by atoms with Crippen molar-refractivity contribution < 1.29 is 39.8 Å². The fourth-order valence-corrected chi connectivity index (χ4v) is 3.82. The van der Waals surface area contributed by atoms with Crippen molar-refractivity contribution in [3.8, 4) is 11.5 Å². The van der Waals surface area contributed by atoms with E-state index < -0.39 is 51.2 Å². The minimum absolute atomic E-state index is 0.00846. The van der Waals surface area contributed by atoms with Crippen molar-refractivity contribution >= 4 is 15.8 Å². The maximum atomic E-state index is 13.8. The third-order valence-corrected chi connectivity index (χ3v) is 5.54. The van der Waals surface area contributed by atoms with E-state index in [2.05, 4.69) is 9.82 Å². The molecule has 31 heavy (non-hydrogen) atoms. The summed E-state index contributed by atoms with van der Waals surface area (Å²) < 4.78 is 106. The monoisotopic (exact) mass is 463 g/mol. The van der Waals surface area contributed by atoms with Crippen LogP contribution in [0.4, 0.5) is 27.8 Å². The second kappa shape index (κ2) is 8.41. The van der Waals surface area contributed by atoms with Crippen molar-refractivity contribution in [1.29, 1.82) is 0 Å². The van der Waals surface area contributed by atoms with E-state index in [0.29, 0.717) is 0 Å². The second-order valence-corrected chi connectivity index (χ2v) is 7.72. The summed E-state index contributed by atoms with van der Waals surface area (Å²) in [5.74, 6) is -10.5. The lowest BCUT2D eigenvalue weighted by Crippen LogP contribution is -2.15. The maximum Gasteiger partial charge on any atom is 0.266 e. The van der Waals surface area contributed by atoms with Crippen LogP contribution in [0, 0.1) is 29.1 Å². The minimum Gasteiger partial charge on any atom is -0.497 e. The molecule has 0 saturated carbocycles. The number of anilines is 1. The number of halogens is 5. The molecule has 0 amide bonds. The number of nitrogens with zero attached hydrogens (tertiary/aromatic N) is 2. The Morgan fingerprint density at radius 3 is 2.13 bits per heavy atom. The first-order valence-corrected chi connectivity index (χ1v) is 9.86. The zero-order valence-electron chi connectivity index (χ0n) is 15.9. The van der Waals surface area contributed by atoms with Crippen LogP contribution in [0.3, 0.4) is 0 Å². The number of nitrogens with one attached hydrogen (secondary N) is 1. The minimum atomic E-state index is -4.23. The molecule has 0 unspecified atom stereocenters. The molecule has 166 valence electrons. The van der Waals surface area contributed by atoms with E-state index >= 15 is 0 Å². The maximum absolute atomic E-state index is 13.8. The molecule has 13 heteroatoms. The molecule has 0 aliphatic rings. The van der Waals surface area contributed by atoms with Gasteiger partial charge in [-0.15, -0.1) is 0 Å². The van der Waals surface area contributed by atoms with Crippen molar-refractivity contribution in [3.05, 3.63) is 65.1 Å². The summed E-state index contributed by atoms with van der Waals surface area (Å²) in [7, 11) is -1.63. The Balaban J connectivity index is 1.89. The van der Waals surface area contributed by atoms with Crippen LogP contribution in [0.2, 0.25) is 0 Å². The standard InChI is InChI=1S/C18H14F5N3O4S/c1-29-9-3-4-11(30-2)12(7-9)31(27,28)25-13-5-6-26(24-13)8-10-14(19)16(21)18(23)17(22)15(10)20/h3-7H,8H2,1-2H3,(H,24,25). The molecule has 0 radical (unpaired) electrons. The number of ether oxygens (including phenoxy) is 2. The molecule has 3 aromatic rings. The SMILES string of the molecule is COc1ccc(OC)c(S(=O)(=O)Nc2ccn(Cc3c(F)c(F)c(F)c(F)c3F)n2)c1. The largest absolute Gasteiger partial charge is 0.497 e. The van der Waals surface area contributed by atoms with Gasteiger partial charge in [0.15, 0.2) is 29.1 Å². The third kappa shape index (κ3) is 4.26. The molecule has 1 aromatic heterocycles. The fourth-order valence-electron chi connectivity index (χ4n) is 2.64. The first-order valence-electron chi connectivity index (χ1n) is 8.37. The molecule has 0 fully saturated rings. The van der Waals surface area contributed by atoms with Gasteiger partial charge in [-0.25, -0.2) is 30.4 Å². The van der Waals surface area contributed by atoms with E-state index in [0.717, 1.165) is 16.9 Å². The fraction of sp³-hybridized carbons (Fsp3) is 0.167. The first kappa shape index (κ1) is 22.3. The van der Waals surface area contributed by atoms with Crippen molar-refractivity contribution in [3.63, 3.8) is 0 Å². The van der Waals surface area contributed by atoms with Gasteiger partial charge in [-0.1, -0.05) is 0 Å². The molecule has 0 aliphatic carbocycles. The van der Waals surface area contributed by atoms with Gasteiger partial charge in [-0.2, -0.15) is 5.10 Å². The van der Waals surface area contributed by atoms with Crippen LogP contribution in [0.1, 0.15) is 5.56 Å².